The largest absolute Gasteiger partial charge is 0.497 e. The van der Waals surface area contributed by atoms with Gasteiger partial charge >= 0.3 is 0 Å². The van der Waals surface area contributed by atoms with Crippen LogP contribution in [0.15, 0.2) is 40.8 Å². The number of furan rings is 1. The van der Waals surface area contributed by atoms with Crippen LogP contribution >= 0.6 is 0 Å². The molecule has 2 aromatic rings. The van der Waals surface area contributed by atoms with Crippen LogP contribution in [0.2, 0.25) is 0 Å². The number of nitrogens with zero attached hydrogens (tertiary/aromatic N) is 2. The summed E-state index contributed by atoms with van der Waals surface area (Å²) in [7, 11) is 1.66. The van der Waals surface area contributed by atoms with Gasteiger partial charge < -0.3 is 18.8 Å². The lowest BCUT2D eigenvalue weighted by Gasteiger charge is -2.32. The Morgan fingerprint density at radius 3 is 2.63 bits per heavy atom. The molecule has 0 spiro atoms. The highest BCUT2D eigenvalue weighted by molar-refractivity contribution is 5.82. The Bertz CT molecular complexity index is 765. The van der Waals surface area contributed by atoms with Crippen molar-refractivity contribution in [2.45, 2.75) is 25.4 Å². The van der Waals surface area contributed by atoms with E-state index in [0.717, 1.165) is 42.2 Å². The van der Waals surface area contributed by atoms with Crippen LogP contribution in [0.25, 0.3) is 11.3 Å². The van der Waals surface area contributed by atoms with Crippen LogP contribution in [-0.2, 0) is 16.1 Å². The van der Waals surface area contributed by atoms with E-state index in [-0.39, 0.29) is 11.9 Å². The van der Waals surface area contributed by atoms with Gasteiger partial charge in [-0.1, -0.05) is 0 Å². The van der Waals surface area contributed by atoms with E-state index in [4.69, 9.17) is 13.9 Å². The van der Waals surface area contributed by atoms with Gasteiger partial charge in [0.2, 0.25) is 5.91 Å². The van der Waals surface area contributed by atoms with Crippen molar-refractivity contribution in [2.75, 3.05) is 40.0 Å². The Balaban J connectivity index is 1.42. The smallest absolute Gasteiger partial charge is 0.240 e. The molecule has 4 rings (SSSR count). The molecule has 1 atom stereocenters. The van der Waals surface area contributed by atoms with Crippen LogP contribution < -0.4 is 4.74 Å². The lowest BCUT2D eigenvalue weighted by molar-refractivity contribution is -0.140. The standard InChI is InChI=1S/C21H26N2O4/c1-25-17-6-4-16(5-7-17)20-9-8-18(27-20)15-23-10-2-3-19(23)21(24)22-11-13-26-14-12-22/h4-9,19H,2-3,10-15H2,1H3/t19-/m0/s1. The normalized spacial score (nSPS) is 20.8. The van der Waals surface area contributed by atoms with E-state index >= 15 is 0 Å². The van der Waals surface area contributed by atoms with Gasteiger partial charge in [0.05, 0.1) is 32.9 Å². The SMILES string of the molecule is COc1ccc(-c2ccc(CN3CCC[C@H]3C(=O)N3CCOCC3)o2)cc1. The van der Waals surface area contributed by atoms with Gasteiger partial charge in [0, 0.05) is 18.7 Å². The van der Waals surface area contributed by atoms with Gasteiger partial charge in [-0.15, -0.1) is 0 Å². The number of carbonyl (C=O) groups excluding carboxylic acids is 1. The highest BCUT2D eigenvalue weighted by Crippen LogP contribution is 2.27. The third kappa shape index (κ3) is 4.01. The lowest BCUT2D eigenvalue weighted by Crippen LogP contribution is -2.49. The number of amides is 1. The average molecular weight is 370 g/mol. The molecule has 1 amide bonds. The third-order valence-electron chi connectivity index (χ3n) is 5.37. The fourth-order valence-electron chi connectivity index (χ4n) is 3.86. The maximum atomic E-state index is 12.9. The van der Waals surface area contributed by atoms with Crippen LogP contribution in [0.4, 0.5) is 0 Å². The van der Waals surface area contributed by atoms with Crippen molar-refractivity contribution in [1.29, 1.82) is 0 Å². The van der Waals surface area contributed by atoms with Crippen LogP contribution in [0.1, 0.15) is 18.6 Å². The zero-order valence-electron chi connectivity index (χ0n) is 15.7. The minimum atomic E-state index is -0.0439. The van der Waals surface area contributed by atoms with Crippen molar-refractivity contribution in [3.63, 3.8) is 0 Å². The van der Waals surface area contributed by atoms with E-state index in [1.54, 1.807) is 7.11 Å². The monoisotopic (exact) mass is 370 g/mol. The molecular weight excluding hydrogens is 344 g/mol. The van der Waals surface area contributed by atoms with Crippen LogP contribution in [0, 0.1) is 0 Å². The number of likely N-dealkylation sites (tertiary alicyclic amines) is 1. The van der Waals surface area contributed by atoms with Crippen molar-refractivity contribution in [2.24, 2.45) is 0 Å². The molecule has 0 bridgehead atoms. The number of hydrogen-bond donors (Lipinski definition) is 0. The Labute approximate surface area is 159 Å². The maximum Gasteiger partial charge on any atom is 0.240 e. The number of rotatable bonds is 5. The summed E-state index contributed by atoms with van der Waals surface area (Å²) < 4.78 is 16.6. The summed E-state index contributed by atoms with van der Waals surface area (Å²) in [5.41, 5.74) is 1.02. The van der Waals surface area contributed by atoms with Crippen molar-refractivity contribution < 1.29 is 18.7 Å². The second-order valence-corrected chi connectivity index (χ2v) is 7.06. The summed E-state index contributed by atoms with van der Waals surface area (Å²) in [4.78, 5) is 17.1. The first-order valence-electron chi connectivity index (χ1n) is 9.58. The average Bonchev–Trinajstić information content (AvgIpc) is 3.38. The van der Waals surface area contributed by atoms with E-state index in [1.165, 1.54) is 0 Å². The molecule has 2 aliphatic heterocycles. The molecule has 0 aliphatic carbocycles. The molecule has 6 nitrogen and oxygen atoms in total. The summed E-state index contributed by atoms with van der Waals surface area (Å²) >= 11 is 0. The van der Waals surface area contributed by atoms with Gasteiger partial charge in [-0.2, -0.15) is 0 Å². The summed E-state index contributed by atoms with van der Waals surface area (Å²) in [6, 6.07) is 11.8. The number of ether oxygens (including phenoxy) is 2. The quantitative estimate of drug-likeness (QED) is 0.810. The molecular formula is C21H26N2O4. The lowest BCUT2D eigenvalue weighted by atomic mass is 10.1. The van der Waals surface area contributed by atoms with E-state index in [1.807, 2.05) is 41.3 Å². The first-order chi connectivity index (χ1) is 13.2. The molecule has 2 aliphatic rings. The van der Waals surface area contributed by atoms with Crippen LogP contribution in [0.5, 0.6) is 5.75 Å². The van der Waals surface area contributed by atoms with Gasteiger partial charge in [0.15, 0.2) is 0 Å². The summed E-state index contributed by atoms with van der Waals surface area (Å²) in [6.07, 6.45) is 1.97. The Hall–Kier alpha value is -2.31. The molecule has 6 heteroatoms. The second-order valence-electron chi connectivity index (χ2n) is 7.06. The fraction of sp³-hybridized carbons (Fsp3) is 0.476. The molecule has 2 fully saturated rings. The number of methoxy groups -OCH3 is 1. The molecule has 0 unspecified atom stereocenters. The van der Waals surface area contributed by atoms with Crippen molar-refractivity contribution in [3.8, 4) is 17.1 Å². The maximum absolute atomic E-state index is 12.9. The van der Waals surface area contributed by atoms with E-state index < -0.39 is 0 Å². The Morgan fingerprint density at radius 1 is 1.11 bits per heavy atom. The number of carbonyl (C=O) groups is 1. The fourth-order valence-corrected chi connectivity index (χ4v) is 3.86. The molecule has 2 saturated heterocycles. The molecule has 144 valence electrons. The van der Waals surface area contributed by atoms with Gasteiger partial charge in [-0.3, -0.25) is 9.69 Å². The summed E-state index contributed by atoms with van der Waals surface area (Å²) in [5.74, 6) is 2.79. The molecule has 3 heterocycles. The zero-order chi connectivity index (χ0) is 18.6. The van der Waals surface area contributed by atoms with Crippen LogP contribution in [-0.4, -0.2) is 61.7 Å². The van der Waals surface area contributed by atoms with Crippen LogP contribution in [0.3, 0.4) is 0 Å². The number of morpholine rings is 1. The second kappa shape index (κ2) is 8.15. The summed E-state index contributed by atoms with van der Waals surface area (Å²) in [5, 5.41) is 0. The van der Waals surface area contributed by atoms with Crippen molar-refractivity contribution in [1.82, 2.24) is 9.80 Å². The predicted octanol–water partition coefficient (Wildman–Crippen LogP) is 2.78. The number of hydrogen-bond acceptors (Lipinski definition) is 5. The molecule has 0 saturated carbocycles. The minimum Gasteiger partial charge on any atom is -0.497 e. The first-order valence-corrected chi connectivity index (χ1v) is 9.58. The molecule has 0 N–H and O–H groups in total. The third-order valence-corrected chi connectivity index (χ3v) is 5.37. The van der Waals surface area contributed by atoms with Gasteiger partial charge in [0.1, 0.15) is 17.3 Å². The first kappa shape index (κ1) is 18.1. The minimum absolute atomic E-state index is 0.0439. The Kier molecular flexibility index (Phi) is 5.45. The van der Waals surface area contributed by atoms with Crippen molar-refractivity contribution >= 4 is 5.91 Å². The predicted molar refractivity (Wildman–Crippen MR) is 102 cm³/mol. The highest BCUT2D eigenvalue weighted by atomic mass is 16.5. The van der Waals surface area contributed by atoms with E-state index in [9.17, 15) is 4.79 Å². The van der Waals surface area contributed by atoms with Gasteiger partial charge in [-0.05, 0) is 55.8 Å². The van der Waals surface area contributed by atoms with Crippen molar-refractivity contribution in [3.05, 3.63) is 42.2 Å². The Morgan fingerprint density at radius 2 is 1.89 bits per heavy atom. The molecule has 1 aromatic heterocycles. The van der Waals surface area contributed by atoms with E-state index in [0.29, 0.717) is 32.8 Å². The van der Waals surface area contributed by atoms with Gasteiger partial charge in [-0.25, -0.2) is 0 Å². The number of benzene rings is 1. The zero-order valence-corrected chi connectivity index (χ0v) is 15.7. The topological polar surface area (TPSA) is 55.2 Å². The molecule has 1 aromatic carbocycles. The molecule has 0 radical (unpaired) electrons. The highest BCUT2D eigenvalue weighted by Gasteiger charge is 2.34. The summed E-state index contributed by atoms with van der Waals surface area (Å²) in [6.45, 7) is 4.27. The molecule has 27 heavy (non-hydrogen) atoms. The van der Waals surface area contributed by atoms with E-state index in [2.05, 4.69) is 4.90 Å². The van der Waals surface area contributed by atoms with Gasteiger partial charge in [0.25, 0.3) is 0 Å².